The van der Waals surface area contributed by atoms with Gasteiger partial charge in [-0.25, -0.2) is 4.99 Å². The standard InChI is InChI=1S/C15H19N5.HI/c1-3-9-17-15(16)18-10-13-11-20(2)19-14(13)12-7-5-4-6-8-12;/h3-8,11H,1,9-10H2,2H3,(H3,16,17,18);1H. The number of aryl methyl sites for hydroxylation is 1. The van der Waals surface area contributed by atoms with E-state index in [0.717, 1.165) is 16.8 Å². The fourth-order valence-electron chi connectivity index (χ4n) is 1.90. The van der Waals surface area contributed by atoms with Gasteiger partial charge in [-0.3, -0.25) is 4.68 Å². The van der Waals surface area contributed by atoms with Gasteiger partial charge >= 0.3 is 0 Å². The van der Waals surface area contributed by atoms with Crippen molar-refractivity contribution in [3.63, 3.8) is 0 Å². The van der Waals surface area contributed by atoms with Crippen molar-refractivity contribution in [3.05, 3.63) is 54.7 Å². The van der Waals surface area contributed by atoms with E-state index >= 15 is 0 Å². The average Bonchev–Trinajstić information content (AvgIpc) is 2.85. The molecule has 0 radical (unpaired) electrons. The Morgan fingerprint density at radius 2 is 2.14 bits per heavy atom. The normalized spacial score (nSPS) is 10.8. The van der Waals surface area contributed by atoms with Gasteiger partial charge in [0.05, 0.1) is 12.2 Å². The molecule has 0 aliphatic carbocycles. The van der Waals surface area contributed by atoms with Crippen LogP contribution in [0.5, 0.6) is 0 Å². The molecular weight excluding hydrogens is 377 g/mol. The van der Waals surface area contributed by atoms with Crippen molar-refractivity contribution in [2.75, 3.05) is 6.54 Å². The summed E-state index contributed by atoms with van der Waals surface area (Å²) in [5, 5.41) is 7.44. The molecular formula is C15H20IN5. The van der Waals surface area contributed by atoms with E-state index in [0.29, 0.717) is 19.0 Å². The molecule has 5 nitrogen and oxygen atoms in total. The van der Waals surface area contributed by atoms with Crippen LogP contribution in [0.25, 0.3) is 11.3 Å². The number of aliphatic imine (C=N–C) groups is 1. The van der Waals surface area contributed by atoms with Crippen molar-refractivity contribution < 1.29 is 0 Å². The first-order valence-electron chi connectivity index (χ1n) is 6.43. The molecule has 1 aromatic carbocycles. The molecule has 2 aromatic rings. The number of hydrogen-bond acceptors (Lipinski definition) is 2. The molecule has 0 saturated heterocycles. The van der Waals surface area contributed by atoms with E-state index in [1.165, 1.54) is 0 Å². The Morgan fingerprint density at radius 3 is 2.81 bits per heavy atom. The zero-order chi connectivity index (χ0) is 14.4. The van der Waals surface area contributed by atoms with Gasteiger partial charge in [-0.05, 0) is 0 Å². The lowest BCUT2D eigenvalue weighted by atomic mass is 10.1. The van der Waals surface area contributed by atoms with Gasteiger partial charge in [0.1, 0.15) is 0 Å². The van der Waals surface area contributed by atoms with Gasteiger partial charge in [0.15, 0.2) is 5.96 Å². The number of hydrogen-bond donors (Lipinski definition) is 2. The van der Waals surface area contributed by atoms with Crippen LogP contribution in [0.3, 0.4) is 0 Å². The Labute approximate surface area is 142 Å². The molecule has 1 aromatic heterocycles. The van der Waals surface area contributed by atoms with Crippen LogP contribution < -0.4 is 11.1 Å². The summed E-state index contributed by atoms with van der Waals surface area (Å²) in [4.78, 5) is 4.31. The third-order valence-electron chi connectivity index (χ3n) is 2.80. The van der Waals surface area contributed by atoms with Gasteiger partial charge in [0, 0.05) is 30.9 Å². The summed E-state index contributed by atoms with van der Waals surface area (Å²) in [6.07, 6.45) is 3.70. The maximum Gasteiger partial charge on any atom is 0.189 e. The molecule has 1 heterocycles. The molecule has 0 saturated carbocycles. The molecule has 21 heavy (non-hydrogen) atoms. The van der Waals surface area contributed by atoms with Gasteiger partial charge in [-0.2, -0.15) is 5.10 Å². The predicted molar refractivity (Wildman–Crippen MR) is 97.6 cm³/mol. The monoisotopic (exact) mass is 397 g/mol. The summed E-state index contributed by atoms with van der Waals surface area (Å²) in [5.74, 6) is 0.410. The summed E-state index contributed by atoms with van der Waals surface area (Å²) in [6.45, 7) is 4.72. The number of nitrogens with one attached hydrogen (secondary N) is 1. The number of halogens is 1. The van der Waals surface area contributed by atoms with E-state index in [1.807, 2.05) is 43.6 Å². The minimum absolute atomic E-state index is 0. The predicted octanol–water partition coefficient (Wildman–Crippen LogP) is 2.30. The number of nitrogens with zero attached hydrogens (tertiary/aromatic N) is 3. The number of nitrogens with two attached hydrogens (primary N) is 1. The zero-order valence-electron chi connectivity index (χ0n) is 12.0. The molecule has 0 aliphatic heterocycles. The summed E-state index contributed by atoms with van der Waals surface area (Å²) in [5.41, 5.74) is 8.83. The van der Waals surface area contributed by atoms with Gasteiger partial charge in [0.2, 0.25) is 0 Å². The highest BCUT2D eigenvalue weighted by molar-refractivity contribution is 14.0. The second-order valence-corrected chi connectivity index (χ2v) is 4.41. The minimum atomic E-state index is 0. The Kier molecular flexibility index (Phi) is 6.93. The Bertz CT molecular complexity index is 604. The smallest absolute Gasteiger partial charge is 0.189 e. The van der Waals surface area contributed by atoms with Crippen LogP contribution in [0, 0.1) is 0 Å². The van der Waals surface area contributed by atoms with Crippen molar-refractivity contribution in [1.29, 1.82) is 0 Å². The highest BCUT2D eigenvalue weighted by atomic mass is 127. The molecule has 0 fully saturated rings. The number of guanidine groups is 1. The van der Waals surface area contributed by atoms with Crippen LogP contribution in [-0.2, 0) is 13.6 Å². The molecule has 3 N–H and O–H groups in total. The van der Waals surface area contributed by atoms with Gasteiger partial charge in [-0.15, -0.1) is 30.6 Å². The highest BCUT2D eigenvalue weighted by Gasteiger charge is 2.09. The van der Waals surface area contributed by atoms with E-state index in [9.17, 15) is 0 Å². The highest BCUT2D eigenvalue weighted by Crippen LogP contribution is 2.21. The Morgan fingerprint density at radius 1 is 1.43 bits per heavy atom. The maximum absolute atomic E-state index is 5.77. The molecule has 0 unspecified atom stereocenters. The third-order valence-corrected chi connectivity index (χ3v) is 2.80. The van der Waals surface area contributed by atoms with Gasteiger partial charge in [0.25, 0.3) is 0 Å². The topological polar surface area (TPSA) is 68.2 Å². The molecule has 0 bridgehead atoms. The van der Waals surface area contributed by atoms with Crippen molar-refractivity contribution in [2.45, 2.75) is 6.54 Å². The van der Waals surface area contributed by atoms with Crippen molar-refractivity contribution in [1.82, 2.24) is 15.1 Å². The average molecular weight is 397 g/mol. The summed E-state index contributed by atoms with van der Waals surface area (Å²) in [6, 6.07) is 10.1. The Balaban J connectivity index is 0.00000220. The summed E-state index contributed by atoms with van der Waals surface area (Å²) >= 11 is 0. The second kappa shape index (κ2) is 8.46. The van der Waals surface area contributed by atoms with Crippen LogP contribution >= 0.6 is 24.0 Å². The second-order valence-electron chi connectivity index (χ2n) is 4.41. The lowest BCUT2D eigenvalue weighted by Gasteiger charge is -2.03. The number of benzene rings is 1. The third kappa shape index (κ3) is 4.89. The van der Waals surface area contributed by atoms with Crippen molar-refractivity contribution >= 4 is 29.9 Å². The van der Waals surface area contributed by atoms with Gasteiger partial charge < -0.3 is 11.1 Å². The van der Waals surface area contributed by atoms with E-state index < -0.39 is 0 Å². The molecule has 6 heteroatoms. The van der Waals surface area contributed by atoms with Crippen molar-refractivity contribution in [2.24, 2.45) is 17.8 Å². The van der Waals surface area contributed by atoms with Crippen LogP contribution in [0.2, 0.25) is 0 Å². The van der Waals surface area contributed by atoms with Crippen LogP contribution in [0.4, 0.5) is 0 Å². The van der Waals surface area contributed by atoms with E-state index in [2.05, 4.69) is 22.0 Å². The van der Waals surface area contributed by atoms with Crippen LogP contribution in [-0.4, -0.2) is 22.3 Å². The van der Waals surface area contributed by atoms with Gasteiger partial charge in [-0.1, -0.05) is 36.4 Å². The van der Waals surface area contributed by atoms with E-state index in [4.69, 9.17) is 5.73 Å². The van der Waals surface area contributed by atoms with Crippen LogP contribution in [0.1, 0.15) is 5.56 Å². The molecule has 112 valence electrons. The first kappa shape index (κ1) is 17.2. The largest absolute Gasteiger partial charge is 0.370 e. The zero-order valence-corrected chi connectivity index (χ0v) is 14.3. The quantitative estimate of drug-likeness (QED) is 0.352. The lowest BCUT2D eigenvalue weighted by Crippen LogP contribution is -2.31. The fraction of sp³-hybridized carbons (Fsp3) is 0.200. The van der Waals surface area contributed by atoms with E-state index in [-0.39, 0.29) is 24.0 Å². The molecule has 0 atom stereocenters. The molecule has 0 amide bonds. The summed E-state index contributed by atoms with van der Waals surface area (Å²) < 4.78 is 1.79. The Hall–Kier alpha value is -1.83. The molecule has 0 spiro atoms. The number of rotatable bonds is 5. The molecule has 2 rings (SSSR count). The SMILES string of the molecule is C=CCNC(N)=NCc1cn(C)nc1-c1ccccc1.I. The van der Waals surface area contributed by atoms with Crippen molar-refractivity contribution in [3.8, 4) is 11.3 Å². The van der Waals surface area contributed by atoms with E-state index in [1.54, 1.807) is 10.8 Å². The minimum Gasteiger partial charge on any atom is -0.370 e. The molecule has 0 aliphatic rings. The lowest BCUT2D eigenvalue weighted by molar-refractivity contribution is 0.769. The number of aromatic nitrogens is 2. The summed E-state index contributed by atoms with van der Waals surface area (Å²) in [7, 11) is 1.90. The maximum atomic E-state index is 5.77. The van der Waals surface area contributed by atoms with Crippen LogP contribution in [0.15, 0.2) is 54.2 Å². The first-order valence-corrected chi connectivity index (χ1v) is 6.43. The fourth-order valence-corrected chi connectivity index (χ4v) is 1.90. The first-order chi connectivity index (χ1) is 9.70.